The molecule has 2 aromatic rings. The highest BCUT2D eigenvalue weighted by molar-refractivity contribution is 6.31. The van der Waals surface area contributed by atoms with Crippen LogP contribution in [0.1, 0.15) is 24.5 Å². The van der Waals surface area contributed by atoms with Crippen molar-refractivity contribution in [3.63, 3.8) is 0 Å². The first-order valence-electron chi connectivity index (χ1n) is 8.45. The fraction of sp³-hybridized carbons (Fsp3) is 0.300. The molecule has 0 heterocycles. The molecule has 2 rings (SSSR count). The molecule has 0 aliphatic carbocycles. The number of hydrogen-bond acceptors (Lipinski definition) is 2. The fourth-order valence-electron chi connectivity index (χ4n) is 2.78. The van der Waals surface area contributed by atoms with Gasteiger partial charge >= 0.3 is 0 Å². The van der Waals surface area contributed by atoms with Crippen LogP contribution in [0.4, 0.5) is 4.39 Å². The Morgan fingerprint density at radius 3 is 2.38 bits per heavy atom. The lowest BCUT2D eigenvalue weighted by Crippen LogP contribution is -2.48. The average molecular weight is 377 g/mol. The molecular weight excluding hydrogens is 355 g/mol. The molecule has 138 valence electrons. The maximum Gasteiger partial charge on any atom is 0.242 e. The van der Waals surface area contributed by atoms with Gasteiger partial charge in [-0.1, -0.05) is 48.9 Å². The number of rotatable bonds is 7. The molecule has 2 aromatic carbocycles. The maximum absolute atomic E-state index is 13.2. The number of carbonyl (C=O) groups excluding carboxylic acids is 2. The van der Waals surface area contributed by atoms with Crippen LogP contribution in [0.25, 0.3) is 0 Å². The van der Waals surface area contributed by atoms with E-state index >= 15 is 0 Å². The maximum atomic E-state index is 13.2. The Balaban J connectivity index is 2.29. The van der Waals surface area contributed by atoms with E-state index in [2.05, 4.69) is 5.32 Å². The third-order valence-corrected chi connectivity index (χ3v) is 4.57. The predicted octanol–water partition coefficient (Wildman–Crippen LogP) is 3.58. The summed E-state index contributed by atoms with van der Waals surface area (Å²) < 4.78 is 13.2. The summed E-state index contributed by atoms with van der Waals surface area (Å²) in [4.78, 5) is 26.8. The van der Waals surface area contributed by atoms with Gasteiger partial charge in [0.1, 0.15) is 11.9 Å². The van der Waals surface area contributed by atoms with E-state index in [1.165, 1.54) is 17.0 Å². The summed E-state index contributed by atoms with van der Waals surface area (Å²) >= 11 is 6.16. The van der Waals surface area contributed by atoms with Gasteiger partial charge in [0.05, 0.1) is 6.42 Å². The Morgan fingerprint density at radius 2 is 1.81 bits per heavy atom. The molecule has 26 heavy (non-hydrogen) atoms. The van der Waals surface area contributed by atoms with Gasteiger partial charge < -0.3 is 10.2 Å². The van der Waals surface area contributed by atoms with E-state index in [1.807, 2.05) is 13.0 Å². The Kier molecular flexibility index (Phi) is 7.16. The zero-order valence-electron chi connectivity index (χ0n) is 14.8. The summed E-state index contributed by atoms with van der Waals surface area (Å²) in [6.07, 6.45) is 0.559. The first-order valence-corrected chi connectivity index (χ1v) is 8.83. The van der Waals surface area contributed by atoms with E-state index in [-0.39, 0.29) is 30.6 Å². The van der Waals surface area contributed by atoms with E-state index in [9.17, 15) is 14.0 Å². The standard InChI is InChI=1S/C20H22ClFN2O2/c1-3-18(20(26)23-2)24(13-14-8-10-16(22)11-9-14)19(25)12-15-6-4-5-7-17(15)21/h4-11,18H,3,12-13H2,1-2H3,(H,23,26)/t18-/m1/s1. The van der Waals surface area contributed by atoms with Gasteiger partial charge in [-0.05, 0) is 35.7 Å². The van der Waals surface area contributed by atoms with Crippen LogP contribution in [0.2, 0.25) is 5.02 Å². The van der Waals surface area contributed by atoms with E-state index in [4.69, 9.17) is 11.6 Å². The minimum Gasteiger partial charge on any atom is -0.357 e. The van der Waals surface area contributed by atoms with Crippen LogP contribution in [0.5, 0.6) is 0 Å². The Morgan fingerprint density at radius 1 is 1.15 bits per heavy atom. The van der Waals surface area contributed by atoms with Crippen molar-refractivity contribution in [3.05, 3.63) is 70.5 Å². The van der Waals surface area contributed by atoms with Crippen molar-refractivity contribution in [1.29, 1.82) is 0 Å². The van der Waals surface area contributed by atoms with Gasteiger partial charge in [-0.2, -0.15) is 0 Å². The molecule has 6 heteroatoms. The monoisotopic (exact) mass is 376 g/mol. The molecule has 0 fully saturated rings. The molecule has 2 amide bonds. The zero-order chi connectivity index (χ0) is 19.1. The first kappa shape index (κ1) is 19.9. The summed E-state index contributed by atoms with van der Waals surface area (Å²) in [7, 11) is 1.54. The number of hydrogen-bond donors (Lipinski definition) is 1. The van der Waals surface area contributed by atoms with E-state index < -0.39 is 6.04 Å². The molecular formula is C20H22ClFN2O2. The van der Waals surface area contributed by atoms with Gasteiger partial charge in [-0.3, -0.25) is 9.59 Å². The van der Waals surface area contributed by atoms with Gasteiger partial charge in [0.15, 0.2) is 0 Å². The number of benzene rings is 2. The second kappa shape index (κ2) is 9.34. The molecule has 0 unspecified atom stereocenters. The second-order valence-electron chi connectivity index (χ2n) is 5.95. The summed E-state index contributed by atoms with van der Waals surface area (Å²) in [6, 6.07) is 12.4. The lowest BCUT2D eigenvalue weighted by molar-refractivity contribution is -0.140. The molecule has 0 saturated carbocycles. The molecule has 0 saturated heterocycles. The Bertz CT molecular complexity index is 765. The number of carbonyl (C=O) groups is 2. The van der Waals surface area contributed by atoms with Crippen LogP contribution in [0.3, 0.4) is 0 Å². The van der Waals surface area contributed by atoms with Crippen molar-refractivity contribution in [2.75, 3.05) is 7.05 Å². The van der Waals surface area contributed by atoms with E-state index in [0.29, 0.717) is 17.0 Å². The highest BCUT2D eigenvalue weighted by atomic mass is 35.5. The number of amides is 2. The van der Waals surface area contributed by atoms with Gasteiger partial charge in [0.2, 0.25) is 11.8 Å². The molecule has 0 aliphatic rings. The highest BCUT2D eigenvalue weighted by Crippen LogP contribution is 2.19. The van der Waals surface area contributed by atoms with Crippen LogP contribution in [-0.2, 0) is 22.6 Å². The molecule has 0 radical (unpaired) electrons. The third kappa shape index (κ3) is 5.05. The Hall–Kier alpha value is -2.40. The smallest absolute Gasteiger partial charge is 0.242 e. The quantitative estimate of drug-likeness (QED) is 0.803. The summed E-state index contributed by atoms with van der Waals surface area (Å²) in [5, 5.41) is 3.11. The minimum absolute atomic E-state index is 0.0916. The van der Waals surface area contributed by atoms with Crippen LogP contribution in [0.15, 0.2) is 48.5 Å². The zero-order valence-corrected chi connectivity index (χ0v) is 15.6. The Labute approximate surface area is 158 Å². The normalized spacial score (nSPS) is 11.7. The largest absolute Gasteiger partial charge is 0.357 e. The number of nitrogens with zero attached hydrogens (tertiary/aromatic N) is 1. The van der Waals surface area contributed by atoms with Crippen molar-refractivity contribution < 1.29 is 14.0 Å². The number of nitrogens with one attached hydrogen (secondary N) is 1. The summed E-state index contributed by atoms with van der Waals surface area (Å²) in [5.74, 6) is -0.791. The molecule has 1 N–H and O–H groups in total. The van der Waals surface area contributed by atoms with Gasteiger partial charge in [-0.15, -0.1) is 0 Å². The van der Waals surface area contributed by atoms with Gasteiger partial charge in [0, 0.05) is 18.6 Å². The fourth-order valence-corrected chi connectivity index (χ4v) is 2.98. The molecule has 0 bridgehead atoms. The lowest BCUT2D eigenvalue weighted by atomic mass is 10.1. The molecule has 0 spiro atoms. The topological polar surface area (TPSA) is 49.4 Å². The SMILES string of the molecule is CC[C@H](C(=O)NC)N(Cc1ccc(F)cc1)C(=O)Cc1ccccc1Cl. The molecule has 0 aliphatic heterocycles. The van der Waals surface area contributed by atoms with Crippen LogP contribution in [0, 0.1) is 5.82 Å². The van der Waals surface area contributed by atoms with Gasteiger partial charge in [-0.25, -0.2) is 4.39 Å². The predicted molar refractivity (Wildman–Crippen MR) is 100 cm³/mol. The molecule has 1 atom stereocenters. The third-order valence-electron chi connectivity index (χ3n) is 4.20. The van der Waals surface area contributed by atoms with Crippen molar-refractivity contribution in [1.82, 2.24) is 10.2 Å². The van der Waals surface area contributed by atoms with Crippen LogP contribution >= 0.6 is 11.6 Å². The first-order chi connectivity index (χ1) is 12.5. The van der Waals surface area contributed by atoms with Crippen molar-refractivity contribution in [3.8, 4) is 0 Å². The van der Waals surface area contributed by atoms with Crippen LogP contribution < -0.4 is 5.32 Å². The minimum atomic E-state index is -0.611. The van der Waals surface area contributed by atoms with Crippen molar-refractivity contribution >= 4 is 23.4 Å². The van der Waals surface area contributed by atoms with E-state index in [0.717, 1.165) is 5.56 Å². The summed E-state index contributed by atoms with van der Waals surface area (Å²) in [6.45, 7) is 2.07. The summed E-state index contributed by atoms with van der Waals surface area (Å²) in [5.41, 5.74) is 1.45. The molecule has 0 aromatic heterocycles. The molecule has 4 nitrogen and oxygen atoms in total. The lowest BCUT2D eigenvalue weighted by Gasteiger charge is -2.30. The van der Waals surface area contributed by atoms with E-state index in [1.54, 1.807) is 37.4 Å². The average Bonchev–Trinajstić information content (AvgIpc) is 2.64. The van der Waals surface area contributed by atoms with Gasteiger partial charge in [0.25, 0.3) is 0 Å². The highest BCUT2D eigenvalue weighted by Gasteiger charge is 2.28. The van der Waals surface area contributed by atoms with Crippen molar-refractivity contribution in [2.45, 2.75) is 32.4 Å². The second-order valence-corrected chi connectivity index (χ2v) is 6.36. The van der Waals surface area contributed by atoms with Crippen molar-refractivity contribution in [2.24, 2.45) is 0 Å². The van der Waals surface area contributed by atoms with Crippen LogP contribution in [-0.4, -0.2) is 29.8 Å². The number of likely N-dealkylation sites (N-methyl/N-ethyl adjacent to an activating group) is 1. The number of halogens is 2.